The Kier molecular flexibility index (Phi) is 6.55. The molecule has 0 radical (unpaired) electrons. The Morgan fingerprint density at radius 2 is 1.66 bits per heavy atom. The lowest BCUT2D eigenvalue weighted by Crippen LogP contribution is -2.30. The molecule has 0 aliphatic heterocycles. The number of ether oxygens (including phenoxy) is 1. The maximum Gasteiger partial charge on any atom is 0.242 e. The van der Waals surface area contributed by atoms with Crippen LogP contribution in [0.4, 0.5) is 0 Å². The number of carbonyl (C=O) groups excluding carboxylic acids is 1. The summed E-state index contributed by atoms with van der Waals surface area (Å²) < 4.78 is 7.99. The third-order valence-electron chi connectivity index (χ3n) is 5.63. The Morgan fingerprint density at radius 1 is 0.969 bits per heavy atom. The minimum Gasteiger partial charge on any atom is -0.486 e. The molecule has 1 amide bonds. The highest BCUT2D eigenvalue weighted by Gasteiger charge is 2.17. The molecule has 0 spiro atoms. The predicted molar refractivity (Wildman–Crippen MR) is 128 cm³/mol. The molecule has 0 N–H and O–H groups in total. The standard InChI is InChI=1S/C27H29N3O2/c1-20(2)22-13-15-23(16-14-22)32-19-26-28-24-11-7-8-12-25(24)30(26)18-27(31)29(3)17-21-9-5-4-6-10-21/h4-16,20H,17-19H2,1-3H3. The summed E-state index contributed by atoms with van der Waals surface area (Å²) in [4.78, 5) is 19.5. The Bertz CT molecular complexity index is 1180. The van der Waals surface area contributed by atoms with E-state index in [0.717, 1.165) is 28.2 Å². The van der Waals surface area contributed by atoms with E-state index in [0.29, 0.717) is 19.1 Å². The first-order valence-electron chi connectivity index (χ1n) is 11.0. The number of carbonyl (C=O) groups is 1. The third-order valence-corrected chi connectivity index (χ3v) is 5.63. The molecule has 4 rings (SSSR count). The normalized spacial score (nSPS) is 11.1. The van der Waals surface area contributed by atoms with Gasteiger partial charge in [-0.25, -0.2) is 4.98 Å². The Hall–Kier alpha value is -3.60. The maximum atomic E-state index is 13.0. The molecule has 3 aromatic carbocycles. The van der Waals surface area contributed by atoms with Crippen LogP contribution in [0.25, 0.3) is 11.0 Å². The molecule has 0 atom stereocenters. The van der Waals surface area contributed by atoms with Crippen LogP contribution in [0.15, 0.2) is 78.9 Å². The average Bonchev–Trinajstić information content (AvgIpc) is 3.16. The van der Waals surface area contributed by atoms with Gasteiger partial charge in [0.15, 0.2) is 0 Å². The van der Waals surface area contributed by atoms with E-state index in [-0.39, 0.29) is 12.5 Å². The lowest BCUT2D eigenvalue weighted by molar-refractivity contribution is -0.131. The number of imidazole rings is 1. The van der Waals surface area contributed by atoms with Gasteiger partial charge in [0.25, 0.3) is 0 Å². The van der Waals surface area contributed by atoms with Gasteiger partial charge in [-0.2, -0.15) is 0 Å². The van der Waals surface area contributed by atoms with Gasteiger partial charge in [0.05, 0.1) is 11.0 Å². The first-order chi connectivity index (χ1) is 15.5. The first-order valence-corrected chi connectivity index (χ1v) is 11.0. The van der Waals surface area contributed by atoms with Crippen molar-refractivity contribution in [2.24, 2.45) is 0 Å². The van der Waals surface area contributed by atoms with Gasteiger partial charge in [0.2, 0.25) is 5.91 Å². The zero-order chi connectivity index (χ0) is 22.5. The van der Waals surface area contributed by atoms with Crippen LogP contribution in [0.5, 0.6) is 5.75 Å². The number of likely N-dealkylation sites (N-methyl/N-ethyl adjacent to an activating group) is 1. The van der Waals surface area contributed by atoms with Gasteiger partial charge in [0.1, 0.15) is 24.7 Å². The fourth-order valence-electron chi connectivity index (χ4n) is 3.71. The zero-order valence-electron chi connectivity index (χ0n) is 18.9. The van der Waals surface area contributed by atoms with Crippen molar-refractivity contribution in [1.82, 2.24) is 14.5 Å². The molecule has 0 unspecified atom stereocenters. The van der Waals surface area contributed by atoms with Crippen LogP contribution in [-0.2, 0) is 24.5 Å². The molecule has 164 valence electrons. The molecule has 5 heteroatoms. The zero-order valence-corrected chi connectivity index (χ0v) is 18.9. The summed E-state index contributed by atoms with van der Waals surface area (Å²) in [5, 5.41) is 0. The summed E-state index contributed by atoms with van der Waals surface area (Å²) in [5.41, 5.74) is 4.17. The van der Waals surface area contributed by atoms with Crippen molar-refractivity contribution in [3.63, 3.8) is 0 Å². The minimum atomic E-state index is 0.0274. The van der Waals surface area contributed by atoms with E-state index in [9.17, 15) is 4.79 Å². The quantitative estimate of drug-likeness (QED) is 0.378. The van der Waals surface area contributed by atoms with Crippen molar-refractivity contribution >= 4 is 16.9 Å². The number of hydrogen-bond acceptors (Lipinski definition) is 3. The largest absolute Gasteiger partial charge is 0.486 e. The molecule has 0 fully saturated rings. The smallest absolute Gasteiger partial charge is 0.242 e. The van der Waals surface area contributed by atoms with E-state index in [4.69, 9.17) is 9.72 Å². The lowest BCUT2D eigenvalue weighted by atomic mass is 10.0. The van der Waals surface area contributed by atoms with Gasteiger partial charge in [-0.15, -0.1) is 0 Å². The summed E-state index contributed by atoms with van der Waals surface area (Å²) in [6, 6.07) is 26.0. The number of nitrogens with zero attached hydrogens (tertiary/aromatic N) is 3. The molecule has 5 nitrogen and oxygen atoms in total. The van der Waals surface area contributed by atoms with Gasteiger partial charge in [-0.1, -0.05) is 68.4 Å². The fraction of sp³-hybridized carbons (Fsp3) is 0.259. The predicted octanol–water partition coefficient (Wildman–Crippen LogP) is 5.40. The number of para-hydroxylation sites is 2. The van der Waals surface area contributed by atoms with Crippen molar-refractivity contribution in [2.45, 2.75) is 39.5 Å². The number of benzene rings is 3. The summed E-state index contributed by atoms with van der Waals surface area (Å²) in [5.74, 6) is 2.04. The molecule has 4 aromatic rings. The van der Waals surface area contributed by atoms with Crippen molar-refractivity contribution in [2.75, 3.05) is 7.05 Å². The number of hydrogen-bond donors (Lipinski definition) is 0. The molecular formula is C27H29N3O2. The molecule has 0 aliphatic rings. The highest BCUT2D eigenvalue weighted by molar-refractivity contribution is 5.81. The van der Waals surface area contributed by atoms with Crippen molar-refractivity contribution in [1.29, 1.82) is 0 Å². The summed E-state index contributed by atoms with van der Waals surface area (Å²) in [6.07, 6.45) is 0. The second-order valence-corrected chi connectivity index (χ2v) is 8.35. The van der Waals surface area contributed by atoms with E-state index in [1.807, 2.05) is 78.3 Å². The highest BCUT2D eigenvalue weighted by atomic mass is 16.5. The summed E-state index contributed by atoms with van der Waals surface area (Å²) >= 11 is 0. The second-order valence-electron chi connectivity index (χ2n) is 8.35. The number of fused-ring (bicyclic) bond motifs is 1. The molecule has 0 bridgehead atoms. The van der Waals surface area contributed by atoms with Crippen LogP contribution in [-0.4, -0.2) is 27.4 Å². The van der Waals surface area contributed by atoms with E-state index >= 15 is 0 Å². The van der Waals surface area contributed by atoms with Crippen molar-refractivity contribution in [3.8, 4) is 5.75 Å². The lowest BCUT2D eigenvalue weighted by Gasteiger charge is -2.19. The number of amides is 1. The molecule has 0 aliphatic carbocycles. The first kappa shape index (κ1) is 21.6. The summed E-state index contributed by atoms with van der Waals surface area (Å²) in [6.45, 7) is 5.43. The maximum absolute atomic E-state index is 13.0. The van der Waals surface area contributed by atoms with Gasteiger partial charge >= 0.3 is 0 Å². The van der Waals surface area contributed by atoms with Crippen LogP contribution in [0, 0.1) is 0 Å². The van der Waals surface area contributed by atoms with Crippen molar-refractivity contribution in [3.05, 3.63) is 95.8 Å². The minimum absolute atomic E-state index is 0.0274. The van der Waals surface area contributed by atoms with Gasteiger partial charge in [0, 0.05) is 13.6 Å². The van der Waals surface area contributed by atoms with E-state index in [1.54, 1.807) is 4.90 Å². The molecule has 1 heterocycles. The number of aromatic nitrogens is 2. The van der Waals surface area contributed by atoms with Crippen molar-refractivity contribution < 1.29 is 9.53 Å². The Morgan fingerprint density at radius 3 is 2.38 bits per heavy atom. The molecular weight excluding hydrogens is 398 g/mol. The molecule has 1 aromatic heterocycles. The Labute approximate surface area is 189 Å². The van der Waals surface area contributed by atoms with Gasteiger partial charge < -0.3 is 14.2 Å². The second kappa shape index (κ2) is 9.69. The average molecular weight is 428 g/mol. The monoisotopic (exact) mass is 427 g/mol. The highest BCUT2D eigenvalue weighted by Crippen LogP contribution is 2.21. The Balaban J connectivity index is 1.51. The third kappa shape index (κ3) is 4.99. The van der Waals surface area contributed by atoms with E-state index in [2.05, 4.69) is 26.0 Å². The number of rotatable bonds is 8. The van der Waals surface area contributed by atoms with E-state index in [1.165, 1.54) is 5.56 Å². The summed E-state index contributed by atoms with van der Waals surface area (Å²) in [7, 11) is 1.83. The molecule has 0 saturated heterocycles. The van der Waals surface area contributed by atoms with Gasteiger partial charge in [-0.05, 0) is 41.3 Å². The van der Waals surface area contributed by atoms with E-state index < -0.39 is 0 Å². The SMILES string of the molecule is CC(C)c1ccc(OCc2nc3ccccc3n2CC(=O)N(C)Cc2ccccc2)cc1. The molecule has 0 saturated carbocycles. The topological polar surface area (TPSA) is 47.4 Å². The molecule has 32 heavy (non-hydrogen) atoms. The van der Waals surface area contributed by atoms with Crippen LogP contribution in [0.3, 0.4) is 0 Å². The van der Waals surface area contributed by atoms with Crippen LogP contribution < -0.4 is 4.74 Å². The van der Waals surface area contributed by atoms with Crippen LogP contribution >= 0.6 is 0 Å². The van der Waals surface area contributed by atoms with Crippen LogP contribution in [0.2, 0.25) is 0 Å². The van der Waals surface area contributed by atoms with Gasteiger partial charge in [-0.3, -0.25) is 4.79 Å². The fourth-order valence-corrected chi connectivity index (χ4v) is 3.71. The van der Waals surface area contributed by atoms with Crippen LogP contribution in [0.1, 0.15) is 36.7 Å².